The van der Waals surface area contributed by atoms with Crippen LogP contribution in [0, 0.1) is 0 Å². The SMILES string of the molecule is COC(=O)c1cc(Br)cc(NCc2cnc(Cl)s2)c1O. The zero-order valence-electron chi connectivity index (χ0n) is 10.3. The number of thiazole rings is 1. The van der Waals surface area contributed by atoms with Crippen LogP contribution in [0.4, 0.5) is 5.69 Å². The van der Waals surface area contributed by atoms with Crippen molar-refractivity contribution in [3.05, 3.63) is 37.7 Å². The highest BCUT2D eigenvalue weighted by molar-refractivity contribution is 9.10. The average Bonchev–Trinajstić information content (AvgIpc) is 2.84. The zero-order chi connectivity index (χ0) is 14.7. The van der Waals surface area contributed by atoms with Gasteiger partial charge in [-0.3, -0.25) is 0 Å². The largest absolute Gasteiger partial charge is 0.505 e. The number of phenols is 1. The number of nitrogens with zero attached hydrogens (tertiary/aromatic N) is 1. The number of carbonyl (C=O) groups excluding carboxylic acids is 1. The molecule has 0 amide bonds. The van der Waals surface area contributed by atoms with Crippen molar-refractivity contribution in [2.45, 2.75) is 6.54 Å². The van der Waals surface area contributed by atoms with Gasteiger partial charge in [-0.05, 0) is 12.1 Å². The molecular weight excluding hydrogens is 368 g/mol. The second-order valence-corrected chi connectivity index (χ2v) is 6.39. The maximum absolute atomic E-state index is 11.6. The lowest BCUT2D eigenvalue weighted by molar-refractivity contribution is 0.0597. The number of halogens is 2. The van der Waals surface area contributed by atoms with E-state index in [-0.39, 0.29) is 11.3 Å². The van der Waals surface area contributed by atoms with E-state index in [0.717, 1.165) is 4.88 Å². The molecule has 2 aromatic rings. The van der Waals surface area contributed by atoms with Gasteiger partial charge < -0.3 is 15.2 Å². The third-order valence-electron chi connectivity index (χ3n) is 2.46. The number of nitrogens with one attached hydrogen (secondary N) is 1. The van der Waals surface area contributed by atoms with Gasteiger partial charge in [0.15, 0.2) is 10.2 Å². The van der Waals surface area contributed by atoms with E-state index < -0.39 is 5.97 Å². The Kier molecular flexibility index (Phi) is 4.85. The van der Waals surface area contributed by atoms with Crippen LogP contribution >= 0.6 is 38.9 Å². The van der Waals surface area contributed by atoms with Gasteiger partial charge in [0.05, 0.1) is 19.3 Å². The molecule has 1 aromatic heterocycles. The number of benzene rings is 1. The molecule has 0 fully saturated rings. The van der Waals surface area contributed by atoms with Gasteiger partial charge in [0.1, 0.15) is 5.56 Å². The van der Waals surface area contributed by atoms with Crippen molar-refractivity contribution >= 4 is 50.5 Å². The third kappa shape index (κ3) is 3.41. The highest BCUT2D eigenvalue weighted by atomic mass is 79.9. The van der Waals surface area contributed by atoms with Crippen LogP contribution in [-0.4, -0.2) is 23.2 Å². The molecule has 1 aromatic carbocycles. The van der Waals surface area contributed by atoms with E-state index in [1.165, 1.54) is 24.5 Å². The van der Waals surface area contributed by atoms with E-state index in [1.54, 1.807) is 12.3 Å². The van der Waals surface area contributed by atoms with Crippen molar-refractivity contribution in [2.75, 3.05) is 12.4 Å². The molecular formula is C12H10BrClN2O3S. The molecule has 0 bridgehead atoms. The van der Waals surface area contributed by atoms with Crippen LogP contribution in [0.1, 0.15) is 15.2 Å². The Morgan fingerprint density at radius 2 is 2.35 bits per heavy atom. The summed E-state index contributed by atoms with van der Waals surface area (Å²) in [5, 5.41) is 13.1. The van der Waals surface area contributed by atoms with Crippen molar-refractivity contribution in [2.24, 2.45) is 0 Å². The fraction of sp³-hybridized carbons (Fsp3) is 0.167. The number of methoxy groups -OCH3 is 1. The maximum Gasteiger partial charge on any atom is 0.341 e. The van der Waals surface area contributed by atoms with Gasteiger partial charge >= 0.3 is 5.97 Å². The lowest BCUT2D eigenvalue weighted by atomic mass is 10.1. The fourth-order valence-corrected chi connectivity index (χ4v) is 2.92. The topological polar surface area (TPSA) is 71.5 Å². The van der Waals surface area contributed by atoms with Crippen LogP contribution in [-0.2, 0) is 11.3 Å². The Morgan fingerprint density at radius 1 is 1.60 bits per heavy atom. The first-order valence-electron chi connectivity index (χ1n) is 5.46. The van der Waals surface area contributed by atoms with Gasteiger partial charge in [0, 0.05) is 15.5 Å². The maximum atomic E-state index is 11.6. The van der Waals surface area contributed by atoms with E-state index in [9.17, 15) is 9.90 Å². The number of ether oxygens (including phenoxy) is 1. The molecule has 0 aliphatic carbocycles. The van der Waals surface area contributed by atoms with Crippen LogP contribution in [0.5, 0.6) is 5.75 Å². The highest BCUT2D eigenvalue weighted by Gasteiger charge is 2.16. The van der Waals surface area contributed by atoms with Crippen molar-refractivity contribution < 1.29 is 14.6 Å². The predicted molar refractivity (Wildman–Crippen MR) is 81.6 cm³/mol. The minimum absolute atomic E-state index is 0.0895. The molecule has 20 heavy (non-hydrogen) atoms. The number of hydrogen-bond acceptors (Lipinski definition) is 6. The Balaban J connectivity index is 2.23. The Morgan fingerprint density at radius 3 is 2.95 bits per heavy atom. The van der Waals surface area contributed by atoms with Crippen LogP contribution in [0.15, 0.2) is 22.8 Å². The fourth-order valence-electron chi connectivity index (χ4n) is 1.55. The van der Waals surface area contributed by atoms with Gasteiger partial charge in [-0.1, -0.05) is 27.5 Å². The molecule has 0 spiro atoms. The van der Waals surface area contributed by atoms with Crippen LogP contribution in [0.2, 0.25) is 4.47 Å². The summed E-state index contributed by atoms with van der Waals surface area (Å²) in [7, 11) is 1.26. The second-order valence-electron chi connectivity index (χ2n) is 3.77. The normalized spacial score (nSPS) is 10.3. The van der Waals surface area contributed by atoms with Gasteiger partial charge in [-0.25, -0.2) is 9.78 Å². The monoisotopic (exact) mass is 376 g/mol. The van der Waals surface area contributed by atoms with Crippen LogP contribution in [0.3, 0.4) is 0 Å². The summed E-state index contributed by atoms with van der Waals surface area (Å²) in [6.45, 7) is 0.439. The van der Waals surface area contributed by atoms with Gasteiger partial charge in [0.2, 0.25) is 0 Å². The van der Waals surface area contributed by atoms with Crippen molar-refractivity contribution in [3.63, 3.8) is 0 Å². The molecule has 2 N–H and O–H groups in total. The van der Waals surface area contributed by atoms with E-state index in [2.05, 4.69) is 31.0 Å². The van der Waals surface area contributed by atoms with E-state index >= 15 is 0 Å². The number of phenolic OH excluding ortho intramolecular Hbond substituents is 1. The third-order valence-corrected chi connectivity index (χ3v) is 4.03. The molecule has 0 saturated carbocycles. The van der Waals surface area contributed by atoms with Gasteiger partial charge in [-0.2, -0.15) is 0 Å². The smallest absolute Gasteiger partial charge is 0.341 e. The molecule has 8 heteroatoms. The molecule has 2 rings (SSSR count). The van der Waals surface area contributed by atoms with Crippen LogP contribution in [0.25, 0.3) is 0 Å². The summed E-state index contributed by atoms with van der Waals surface area (Å²) >= 11 is 10.4. The van der Waals surface area contributed by atoms with E-state index in [4.69, 9.17) is 11.6 Å². The first kappa shape index (κ1) is 15.1. The minimum Gasteiger partial charge on any atom is -0.505 e. The van der Waals surface area contributed by atoms with Gasteiger partial charge in [-0.15, -0.1) is 11.3 Å². The van der Waals surface area contributed by atoms with E-state index in [0.29, 0.717) is 21.2 Å². The molecule has 0 radical (unpaired) electrons. The van der Waals surface area contributed by atoms with Crippen molar-refractivity contribution in [1.82, 2.24) is 4.98 Å². The van der Waals surface area contributed by atoms with E-state index in [1.807, 2.05) is 0 Å². The average molecular weight is 378 g/mol. The molecule has 0 unspecified atom stereocenters. The number of carbonyl (C=O) groups is 1. The highest BCUT2D eigenvalue weighted by Crippen LogP contribution is 2.33. The lowest BCUT2D eigenvalue weighted by Gasteiger charge is -2.11. The molecule has 0 atom stereocenters. The predicted octanol–water partition coefficient (Wildman–Crippen LogP) is 3.66. The lowest BCUT2D eigenvalue weighted by Crippen LogP contribution is -2.05. The summed E-state index contributed by atoms with van der Waals surface area (Å²) in [5.74, 6) is -0.761. The summed E-state index contributed by atoms with van der Waals surface area (Å²) in [5.41, 5.74) is 0.510. The molecule has 0 saturated heterocycles. The standard InChI is InChI=1S/C12H10BrClN2O3S/c1-19-11(18)8-2-6(13)3-9(10(8)17)15-4-7-5-16-12(14)20-7/h2-3,5,15,17H,4H2,1H3. The Hall–Kier alpha value is -1.31. The number of esters is 1. The second kappa shape index (κ2) is 6.43. The summed E-state index contributed by atoms with van der Waals surface area (Å²) in [6, 6.07) is 3.17. The first-order chi connectivity index (χ1) is 9.51. The van der Waals surface area contributed by atoms with Gasteiger partial charge in [0.25, 0.3) is 0 Å². The van der Waals surface area contributed by atoms with Crippen molar-refractivity contribution in [1.29, 1.82) is 0 Å². The molecule has 0 aliphatic heterocycles. The number of hydrogen-bond donors (Lipinski definition) is 2. The molecule has 5 nitrogen and oxygen atoms in total. The summed E-state index contributed by atoms with van der Waals surface area (Å²) < 4.78 is 5.73. The minimum atomic E-state index is -0.604. The van der Waals surface area contributed by atoms with Crippen LogP contribution < -0.4 is 5.32 Å². The number of anilines is 1. The zero-order valence-corrected chi connectivity index (χ0v) is 13.5. The number of aromatic hydroxyl groups is 1. The number of aromatic nitrogens is 1. The first-order valence-corrected chi connectivity index (χ1v) is 7.45. The summed E-state index contributed by atoms with van der Waals surface area (Å²) in [4.78, 5) is 16.4. The Bertz CT molecular complexity index is 648. The number of rotatable bonds is 4. The molecule has 0 aliphatic rings. The quantitative estimate of drug-likeness (QED) is 0.628. The summed E-state index contributed by atoms with van der Waals surface area (Å²) in [6.07, 6.45) is 1.65. The molecule has 1 heterocycles. The Labute approximate surface area is 132 Å². The molecule has 106 valence electrons. The van der Waals surface area contributed by atoms with Crippen molar-refractivity contribution in [3.8, 4) is 5.75 Å².